The van der Waals surface area contributed by atoms with Gasteiger partial charge in [-0.25, -0.2) is 4.79 Å². The van der Waals surface area contributed by atoms with E-state index in [0.29, 0.717) is 18.7 Å². The summed E-state index contributed by atoms with van der Waals surface area (Å²) in [7, 11) is 0. The van der Waals surface area contributed by atoms with Crippen LogP contribution in [0.25, 0.3) is 0 Å². The van der Waals surface area contributed by atoms with Gasteiger partial charge in [-0.2, -0.15) is 0 Å². The Morgan fingerprint density at radius 3 is 2.95 bits per heavy atom. The number of amides is 1. The van der Waals surface area contributed by atoms with Crippen LogP contribution in [0.4, 0.5) is 5.69 Å². The van der Waals surface area contributed by atoms with Gasteiger partial charge in [-0.15, -0.1) is 0 Å². The van der Waals surface area contributed by atoms with Crippen LogP contribution in [0.2, 0.25) is 0 Å². The first-order chi connectivity index (χ1) is 10.1. The van der Waals surface area contributed by atoms with Crippen molar-refractivity contribution in [2.24, 2.45) is 0 Å². The highest BCUT2D eigenvalue weighted by atomic mass is 16.5. The lowest BCUT2D eigenvalue weighted by atomic mass is 10.1. The van der Waals surface area contributed by atoms with Gasteiger partial charge in [0.25, 0.3) is 5.91 Å². The maximum atomic E-state index is 12.1. The minimum Gasteiger partial charge on any atom is -0.480 e. The van der Waals surface area contributed by atoms with Crippen molar-refractivity contribution in [2.75, 3.05) is 11.9 Å². The highest BCUT2D eigenvalue weighted by molar-refractivity contribution is 5.87. The van der Waals surface area contributed by atoms with E-state index >= 15 is 0 Å². The van der Waals surface area contributed by atoms with Gasteiger partial charge >= 0.3 is 5.97 Å². The number of carbonyl (C=O) groups excluding carboxylic acids is 1. The Balaban J connectivity index is 1.96. The van der Waals surface area contributed by atoms with Crippen molar-refractivity contribution >= 4 is 17.6 Å². The molecule has 2 rings (SSSR count). The van der Waals surface area contributed by atoms with Crippen LogP contribution in [0.3, 0.4) is 0 Å². The van der Waals surface area contributed by atoms with Crippen molar-refractivity contribution in [1.82, 2.24) is 5.32 Å². The first-order valence-electron chi connectivity index (χ1n) is 7.14. The molecule has 2 atom stereocenters. The first kappa shape index (κ1) is 15.2. The van der Waals surface area contributed by atoms with Gasteiger partial charge in [-0.3, -0.25) is 4.79 Å². The Hall–Kier alpha value is -2.24. The third kappa shape index (κ3) is 3.87. The maximum absolute atomic E-state index is 12.1. The average molecular weight is 292 g/mol. The molecule has 0 bridgehead atoms. The highest BCUT2D eigenvalue weighted by Gasteiger charge is 2.29. The number of anilines is 1. The number of unbranched alkanes of at least 4 members (excludes halogenated alkanes) is 1. The number of hydrogen-bond donors (Lipinski definition) is 3. The fraction of sp³-hybridized carbons (Fsp3) is 0.467. The van der Waals surface area contributed by atoms with Crippen LogP contribution in [0.5, 0.6) is 5.75 Å². The predicted octanol–water partition coefficient (Wildman–Crippen LogP) is 1.62. The topological polar surface area (TPSA) is 87.7 Å². The normalized spacial score (nSPS) is 17.9. The van der Waals surface area contributed by atoms with Gasteiger partial charge in [0.2, 0.25) is 0 Å². The monoisotopic (exact) mass is 292 g/mol. The van der Waals surface area contributed by atoms with Gasteiger partial charge in [0.1, 0.15) is 11.8 Å². The Bertz CT molecular complexity index is 518. The van der Waals surface area contributed by atoms with E-state index in [0.717, 1.165) is 18.5 Å². The number of ether oxygens (including phenoxy) is 1. The molecule has 0 fully saturated rings. The zero-order valence-corrected chi connectivity index (χ0v) is 12.0. The van der Waals surface area contributed by atoms with Gasteiger partial charge in [0.15, 0.2) is 6.10 Å². The minimum absolute atomic E-state index is 0.322. The Morgan fingerprint density at radius 1 is 1.48 bits per heavy atom. The summed E-state index contributed by atoms with van der Waals surface area (Å²) in [6.07, 6.45) is 1.34. The molecule has 1 aliphatic rings. The highest BCUT2D eigenvalue weighted by Crippen LogP contribution is 2.28. The number of para-hydroxylation sites is 2. The minimum atomic E-state index is -1.01. The van der Waals surface area contributed by atoms with E-state index in [1.165, 1.54) is 0 Å². The number of hydrogen-bond acceptors (Lipinski definition) is 4. The zero-order chi connectivity index (χ0) is 15.2. The molecule has 0 saturated carbocycles. The Labute approximate surface area is 123 Å². The molecular formula is C15H20N2O4. The summed E-state index contributed by atoms with van der Waals surface area (Å²) in [6, 6.07) is 6.47. The van der Waals surface area contributed by atoms with Crippen molar-refractivity contribution in [1.29, 1.82) is 0 Å². The molecule has 1 heterocycles. The number of rotatable bonds is 6. The molecule has 0 spiro atoms. The number of carboxylic acid groups (broad SMARTS) is 1. The molecule has 1 aromatic rings. The fourth-order valence-corrected chi connectivity index (χ4v) is 2.19. The van der Waals surface area contributed by atoms with Crippen molar-refractivity contribution in [3.8, 4) is 5.75 Å². The summed E-state index contributed by atoms with van der Waals surface area (Å²) in [4.78, 5) is 23.3. The molecular weight excluding hydrogens is 272 g/mol. The zero-order valence-electron chi connectivity index (χ0n) is 12.0. The van der Waals surface area contributed by atoms with Crippen molar-refractivity contribution in [3.05, 3.63) is 24.3 Å². The quantitative estimate of drug-likeness (QED) is 0.741. The van der Waals surface area contributed by atoms with Crippen molar-refractivity contribution in [2.45, 2.75) is 38.3 Å². The third-order valence-corrected chi connectivity index (χ3v) is 3.39. The molecule has 114 valence electrons. The van der Waals surface area contributed by atoms with Gasteiger partial charge < -0.3 is 20.5 Å². The molecule has 6 heteroatoms. The molecule has 1 aromatic carbocycles. The second kappa shape index (κ2) is 6.97. The van der Waals surface area contributed by atoms with E-state index in [2.05, 4.69) is 10.6 Å². The van der Waals surface area contributed by atoms with E-state index in [1.54, 1.807) is 6.07 Å². The van der Waals surface area contributed by atoms with Crippen LogP contribution in [-0.4, -0.2) is 35.7 Å². The summed E-state index contributed by atoms with van der Waals surface area (Å²) in [6.45, 7) is 2.30. The molecule has 0 radical (unpaired) electrons. The van der Waals surface area contributed by atoms with E-state index < -0.39 is 24.0 Å². The summed E-state index contributed by atoms with van der Waals surface area (Å²) in [5.74, 6) is -0.814. The predicted molar refractivity (Wildman–Crippen MR) is 78.4 cm³/mol. The molecule has 1 aliphatic heterocycles. The molecule has 2 unspecified atom stereocenters. The largest absolute Gasteiger partial charge is 0.480 e. The van der Waals surface area contributed by atoms with Gasteiger partial charge in [0, 0.05) is 0 Å². The van der Waals surface area contributed by atoms with Crippen LogP contribution < -0.4 is 15.4 Å². The van der Waals surface area contributed by atoms with Crippen LogP contribution >= 0.6 is 0 Å². The summed E-state index contributed by atoms with van der Waals surface area (Å²) < 4.78 is 5.61. The number of carbonyl (C=O) groups is 2. The summed E-state index contributed by atoms with van der Waals surface area (Å²) >= 11 is 0. The molecule has 21 heavy (non-hydrogen) atoms. The van der Waals surface area contributed by atoms with Crippen molar-refractivity contribution < 1.29 is 19.4 Å². The summed E-state index contributed by atoms with van der Waals surface area (Å²) in [5, 5.41) is 14.8. The van der Waals surface area contributed by atoms with E-state index in [4.69, 9.17) is 9.84 Å². The number of benzene rings is 1. The Kier molecular flexibility index (Phi) is 5.03. The molecule has 3 N–H and O–H groups in total. The number of aliphatic carboxylic acids is 1. The number of carboxylic acids is 1. The molecule has 0 aliphatic carbocycles. The van der Waals surface area contributed by atoms with E-state index in [9.17, 15) is 9.59 Å². The molecule has 6 nitrogen and oxygen atoms in total. The molecule has 0 aromatic heterocycles. The second-order valence-corrected chi connectivity index (χ2v) is 5.03. The number of fused-ring (bicyclic) bond motifs is 1. The van der Waals surface area contributed by atoms with Gasteiger partial charge in [-0.05, 0) is 18.6 Å². The number of nitrogens with one attached hydrogen (secondary N) is 2. The lowest BCUT2D eigenvalue weighted by Gasteiger charge is -2.27. The van der Waals surface area contributed by atoms with Gasteiger partial charge in [-0.1, -0.05) is 31.9 Å². The van der Waals surface area contributed by atoms with Crippen LogP contribution in [0.15, 0.2) is 24.3 Å². The lowest BCUT2D eigenvalue weighted by Crippen LogP contribution is -2.50. The third-order valence-electron chi connectivity index (χ3n) is 3.39. The second-order valence-electron chi connectivity index (χ2n) is 5.03. The molecule has 0 saturated heterocycles. The maximum Gasteiger partial charge on any atom is 0.326 e. The van der Waals surface area contributed by atoms with Crippen LogP contribution in [0, 0.1) is 0 Å². The average Bonchev–Trinajstić information content (AvgIpc) is 2.50. The lowest BCUT2D eigenvalue weighted by molar-refractivity contribution is -0.143. The Morgan fingerprint density at radius 2 is 2.24 bits per heavy atom. The van der Waals surface area contributed by atoms with Gasteiger partial charge in [0.05, 0.1) is 12.2 Å². The summed E-state index contributed by atoms with van der Waals surface area (Å²) in [5.41, 5.74) is 0.835. The van der Waals surface area contributed by atoms with E-state index in [-0.39, 0.29) is 0 Å². The first-order valence-corrected chi connectivity index (χ1v) is 7.14. The molecule has 1 amide bonds. The smallest absolute Gasteiger partial charge is 0.326 e. The fourth-order valence-electron chi connectivity index (χ4n) is 2.19. The van der Waals surface area contributed by atoms with Crippen LogP contribution in [-0.2, 0) is 9.59 Å². The van der Waals surface area contributed by atoms with Crippen molar-refractivity contribution in [3.63, 3.8) is 0 Å². The van der Waals surface area contributed by atoms with Crippen LogP contribution in [0.1, 0.15) is 26.2 Å². The SMILES string of the molecule is CCCCC(NC(=O)C1CNc2ccccc2O1)C(=O)O. The van der Waals surface area contributed by atoms with E-state index in [1.807, 2.05) is 25.1 Å². The standard InChI is InChI=1S/C15H20N2O4/c1-2-3-6-11(15(19)20)17-14(18)13-9-16-10-7-4-5-8-12(10)21-13/h4-5,7-8,11,13,16H,2-3,6,9H2,1H3,(H,17,18)(H,19,20).